The lowest BCUT2D eigenvalue weighted by Crippen LogP contribution is -2.35. The van der Waals surface area contributed by atoms with Gasteiger partial charge in [0.1, 0.15) is 5.71 Å². The van der Waals surface area contributed by atoms with Gasteiger partial charge in [-0.2, -0.15) is 0 Å². The third-order valence-corrected chi connectivity index (χ3v) is 3.20. The average molecular weight is 259 g/mol. The van der Waals surface area contributed by atoms with Crippen molar-refractivity contribution in [1.82, 2.24) is 10.4 Å². The Hall–Kier alpha value is -1.88. The number of benzene rings is 1. The molecule has 5 heteroatoms. The standard InChI is InChI=1S/C14H21N5/c1-5-19-14(15)13(10(2)17-19)16-11-6-8-12(9-7-11)18(3)4/h6-10,15,17H,5H2,1-4H3. The SMILES string of the molecule is CCN1NC(C)C(=Nc2ccc(N(C)C)cc2)C1=N. The van der Waals surface area contributed by atoms with E-state index in [2.05, 4.69) is 15.3 Å². The van der Waals surface area contributed by atoms with Gasteiger partial charge in [0.2, 0.25) is 0 Å². The summed E-state index contributed by atoms with van der Waals surface area (Å²) in [6, 6.07) is 8.12. The fraction of sp³-hybridized carbons (Fsp3) is 0.429. The Bertz CT molecular complexity index is 489. The predicted octanol–water partition coefficient (Wildman–Crippen LogP) is 2.03. The summed E-state index contributed by atoms with van der Waals surface area (Å²) in [5.74, 6) is 0.465. The fourth-order valence-corrected chi connectivity index (χ4v) is 2.07. The van der Waals surface area contributed by atoms with Crippen LogP contribution in [0, 0.1) is 5.41 Å². The number of nitrogens with one attached hydrogen (secondary N) is 2. The van der Waals surface area contributed by atoms with Gasteiger partial charge in [0, 0.05) is 26.3 Å². The zero-order chi connectivity index (χ0) is 14.0. The summed E-state index contributed by atoms with van der Waals surface area (Å²) < 4.78 is 0. The summed E-state index contributed by atoms with van der Waals surface area (Å²) in [4.78, 5) is 6.64. The van der Waals surface area contributed by atoms with Gasteiger partial charge in [-0.15, -0.1) is 0 Å². The molecule has 1 fully saturated rings. The van der Waals surface area contributed by atoms with Crippen LogP contribution in [0.5, 0.6) is 0 Å². The topological polar surface area (TPSA) is 54.7 Å². The van der Waals surface area contributed by atoms with Gasteiger partial charge in [-0.3, -0.25) is 10.4 Å². The highest BCUT2D eigenvalue weighted by molar-refractivity contribution is 6.43. The molecule has 1 aliphatic heterocycles. The molecule has 19 heavy (non-hydrogen) atoms. The Morgan fingerprint density at radius 3 is 2.42 bits per heavy atom. The van der Waals surface area contributed by atoms with E-state index >= 15 is 0 Å². The van der Waals surface area contributed by atoms with Crippen LogP contribution in [0.15, 0.2) is 29.3 Å². The molecule has 0 amide bonds. The molecule has 1 unspecified atom stereocenters. The summed E-state index contributed by atoms with van der Waals surface area (Å²) in [6.07, 6.45) is 0. The van der Waals surface area contributed by atoms with Gasteiger partial charge in [0.15, 0.2) is 5.84 Å². The van der Waals surface area contributed by atoms with Crippen LogP contribution in [0.4, 0.5) is 11.4 Å². The average Bonchev–Trinajstić information content (AvgIpc) is 2.67. The van der Waals surface area contributed by atoms with Crippen LogP contribution < -0.4 is 10.3 Å². The largest absolute Gasteiger partial charge is 0.378 e. The smallest absolute Gasteiger partial charge is 0.158 e. The maximum atomic E-state index is 8.08. The minimum atomic E-state index is 0.0842. The van der Waals surface area contributed by atoms with Crippen molar-refractivity contribution in [3.8, 4) is 0 Å². The molecule has 1 aromatic carbocycles. The van der Waals surface area contributed by atoms with Crippen molar-refractivity contribution in [3.05, 3.63) is 24.3 Å². The van der Waals surface area contributed by atoms with Gasteiger partial charge in [0.05, 0.1) is 11.7 Å². The number of nitrogens with zero attached hydrogens (tertiary/aromatic N) is 3. The highest BCUT2D eigenvalue weighted by Gasteiger charge is 2.29. The first-order chi connectivity index (χ1) is 9.02. The Morgan fingerprint density at radius 1 is 1.32 bits per heavy atom. The number of amidine groups is 1. The van der Waals surface area contributed by atoms with E-state index in [9.17, 15) is 0 Å². The second kappa shape index (κ2) is 5.40. The first kappa shape index (κ1) is 13.5. The second-order valence-corrected chi connectivity index (χ2v) is 4.85. The van der Waals surface area contributed by atoms with E-state index in [-0.39, 0.29) is 6.04 Å². The molecule has 0 aliphatic carbocycles. The third kappa shape index (κ3) is 2.76. The van der Waals surface area contributed by atoms with E-state index in [1.165, 1.54) is 0 Å². The summed E-state index contributed by atoms with van der Waals surface area (Å²) in [6.45, 7) is 4.81. The third-order valence-electron chi connectivity index (χ3n) is 3.20. The summed E-state index contributed by atoms with van der Waals surface area (Å²) in [7, 11) is 4.03. The molecule has 5 nitrogen and oxygen atoms in total. The minimum absolute atomic E-state index is 0.0842. The molecule has 0 radical (unpaired) electrons. The number of hydrogen-bond donors (Lipinski definition) is 2. The molecule has 1 atom stereocenters. The van der Waals surface area contributed by atoms with E-state index in [0.29, 0.717) is 5.84 Å². The molecule has 2 rings (SSSR count). The Labute approximate surface area is 114 Å². The molecule has 1 aliphatic rings. The summed E-state index contributed by atoms with van der Waals surface area (Å²) in [5, 5.41) is 9.89. The van der Waals surface area contributed by atoms with Crippen LogP contribution in [-0.4, -0.2) is 43.2 Å². The van der Waals surface area contributed by atoms with Crippen molar-refractivity contribution in [2.45, 2.75) is 19.9 Å². The number of anilines is 1. The zero-order valence-electron chi connectivity index (χ0n) is 11.9. The molecule has 1 saturated heterocycles. The van der Waals surface area contributed by atoms with Crippen molar-refractivity contribution in [2.75, 3.05) is 25.5 Å². The molecule has 1 heterocycles. The monoisotopic (exact) mass is 259 g/mol. The molecule has 102 valence electrons. The van der Waals surface area contributed by atoms with E-state index < -0.39 is 0 Å². The minimum Gasteiger partial charge on any atom is -0.378 e. The van der Waals surface area contributed by atoms with E-state index in [4.69, 9.17) is 5.41 Å². The van der Waals surface area contributed by atoms with Crippen LogP contribution in [-0.2, 0) is 0 Å². The molecule has 1 aromatic rings. The molecule has 0 saturated carbocycles. The molecule has 0 bridgehead atoms. The van der Waals surface area contributed by atoms with Gasteiger partial charge in [0.25, 0.3) is 0 Å². The first-order valence-electron chi connectivity index (χ1n) is 6.51. The van der Waals surface area contributed by atoms with E-state index in [1.54, 1.807) is 0 Å². The van der Waals surface area contributed by atoms with Crippen molar-refractivity contribution in [3.63, 3.8) is 0 Å². The molecule has 2 N–H and O–H groups in total. The quantitative estimate of drug-likeness (QED) is 0.873. The highest BCUT2D eigenvalue weighted by Crippen LogP contribution is 2.20. The predicted molar refractivity (Wildman–Crippen MR) is 80.6 cm³/mol. The Morgan fingerprint density at radius 2 is 1.95 bits per heavy atom. The maximum Gasteiger partial charge on any atom is 0.158 e. The number of hydrazine groups is 1. The lowest BCUT2D eigenvalue weighted by molar-refractivity contribution is 0.335. The van der Waals surface area contributed by atoms with Crippen LogP contribution >= 0.6 is 0 Å². The maximum absolute atomic E-state index is 8.08. The van der Waals surface area contributed by atoms with Gasteiger partial charge in [-0.1, -0.05) is 0 Å². The van der Waals surface area contributed by atoms with Gasteiger partial charge < -0.3 is 4.90 Å². The number of rotatable bonds is 3. The van der Waals surface area contributed by atoms with Gasteiger partial charge in [-0.05, 0) is 38.1 Å². The molecular weight excluding hydrogens is 238 g/mol. The Kier molecular flexibility index (Phi) is 3.85. The number of aliphatic imine (C=N–C) groups is 1. The van der Waals surface area contributed by atoms with Crippen LogP contribution in [0.25, 0.3) is 0 Å². The second-order valence-electron chi connectivity index (χ2n) is 4.85. The van der Waals surface area contributed by atoms with Crippen molar-refractivity contribution in [1.29, 1.82) is 5.41 Å². The Balaban J connectivity index is 2.23. The molecule has 0 aromatic heterocycles. The van der Waals surface area contributed by atoms with E-state index in [0.717, 1.165) is 23.6 Å². The number of hydrogen-bond acceptors (Lipinski definition) is 4. The zero-order valence-corrected chi connectivity index (χ0v) is 11.9. The summed E-state index contributed by atoms with van der Waals surface area (Å²) >= 11 is 0. The highest BCUT2D eigenvalue weighted by atomic mass is 15.6. The van der Waals surface area contributed by atoms with Crippen molar-refractivity contribution >= 4 is 22.9 Å². The lowest BCUT2D eigenvalue weighted by atomic mass is 10.2. The lowest BCUT2D eigenvalue weighted by Gasteiger charge is -2.13. The van der Waals surface area contributed by atoms with E-state index in [1.807, 2.05) is 57.2 Å². The van der Waals surface area contributed by atoms with Crippen molar-refractivity contribution < 1.29 is 0 Å². The molecule has 0 spiro atoms. The molecular formula is C14H21N5. The van der Waals surface area contributed by atoms with Crippen LogP contribution in [0.1, 0.15) is 13.8 Å². The van der Waals surface area contributed by atoms with Gasteiger partial charge >= 0.3 is 0 Å². The van der Waals surface area contributed by atoms with Crippen molar-refractivity contribution in [2.24, 2.45) is 4.99 Å². The normalized spacial score (nSPS) is 21.3. The fourth-order valence-electron chi connectivity index (χ4n) is 2.07. The first-order valence-corrected chi connectivity index (χ1v) is 6.51. The van der Waals surface area contributed by atoms with Crippen LogP contribution in [0.2, 0.25) is 0 Å². The van der Waals surface area contributed by atoms with Crippen LogP contribution in [0.3, 0.4) is 0 Å². The summed E-state index contributed by atoms with van der Waals surface area (Å²) in [5.41, 5.74) is 6.05. The van der Waals surface area contributed by atoms with Gasteiger partial charge in [-0.25, -0.2) is 10.4 Å².